The van der Waals surface area contributed by atoms with Crippen LogP contribution in [0.15, 0.2) is 11.6 Å². The summed E-state index contributed by atoms with van der Waals surface area (Å²) in [7, 11) is 1.86. The van der Waals surface area contributed by atoms with Crippen LogP contribution in [0.4, 0.5) is 0 Å². The summed E-state index contributed by atoms with van der Waals surface area (Å²) in [6.07, 6.45) is 6.73. The van der Waals surface area contributed by atoms with Gasteiger partial charge in [0.15, 0.2) is 0 Å². The molecule has 0 spiro atoms. The molecule has 1 aromatic heterocycles. The Kier molecular flexibility index (Phi) is 8.57. The van der Waals surface area contributed by atoms with Gasteiger partial charge in [-0.1, -0.05) is 12.8 Å². The number of halogens is 2. The standard InChI is InChI=1S/C12H19N3OS.2ClH/c1-13-7-4-10(16)15-12(5-2-3-6-12)11-14-8-9-17-11;;/h8-9,13H,2-7H2,1H3,(H,15,16);2*1H. The summed E-state index contributed by atoms with van der Waals surface area (Å²) in [4.78, 5) is 16.3. The van der Waals surface area contributed by atoms with E-state index in [2.05, 4.69) is 15.6 Å². The van der Waals surface area contributed by atoms with E-state index < -0.39 is 0 Å². The number of nitrogens with zero attached hydrogens (tertiary/aromatic N) is 1. The minimum atomic E-state index is -0.182. The number of aromatic nitrogens is 1. The van der Waals surface area contributed by atoms with Crippen molar-refractivity contribution in [3.63, 3.8) is 0 Å². The van der Waals surface area contributed by atoms with Crippen LogP contribution in [0.25, 0.3) is 0 Å². The molecule has 0 aliphatic heterocycles. The van der Waals surface area contributed by atoms with E-state index in [1.165, 1.54) is 12.8 Å². The molecule has 0 aromatic carbocycles. The lowest BCUT2D eigenvalue weighted by atomic mass is 9.98. The van der Waals surface area contributed by atoms with Gasteiger partial charge in [-0.3, -0.25) is 4.79 Å². The fourth-order valence-electron chi connectivity index (χ4n) is 2.40. The molecule has 110 valence electrons. The summed E-state index contributed by atoms with van der Waals surface area (Å²) in [6.45, 7) is 0.722. The van der Waals surface area contributed by atoms with E-state index in [0.717, 1.165) is 24.4 Å². The van der Waals surface area contributed by atoms with Crippen molar-refractivity contribution in [2.45, 2.75) is 37.6 Å². The molecule has 0 unspecified atom stereocenters. The van der Waals surface area contributed by atoms with E-state index in [1.807, 2.05) is 18.6 Å². The zero-order chi connectivity index (χ0) is 12.1. The van der Waals surface area contributed by atoms with Crippen LogP contribution < -0.4 is 10.6 Å². The molecule has 1 heterocycles. The average Bonchev–Trinajstić information content (AvgIpc) is 2.96. The van der Waals surface area contributed by atoms with Crippen LogP contribution in [-0.4, -0.2) is 24.5 Å². The number of thiazole rings is 1. The minimum absolute atomic E-state index is 0. The molecule has 1 aromatic rings. The van der Waals surface area contributed by atoms with E-state index in [1.54, 1.807) is 11.3 Å². The lowest BCUT2D eigenvalue weighted by Gasteiger charge is -2.28. The maximum absolute atomic E-state index is 11.9. The Morgan fingerprint density at radius 2 is 2.11 bits per heavy atom. The number of amides is 1. The number of carbonyl (C=O) groups excluding carboxylic acids is 1. The number of hydrogen-bond acceptors (Lipinski definition) is 4. The van der Waals surface area contributed by atoms with Crippen LogP contribution in [0.5, 0.6) is 0 Å². The lowest BCUT2D eigenvalue weighted by Crippen LogP contribution is -2.44. The van der Waals surface area contributed by atoms with Crippen molar-refractivity contribution in [3.8, 4) is 0 Å². The van der Waals surface area contributed by atoms with Crippen LogP contribution in [0.1, 0.15) is 37.1 Å². The Hall–Kier alpha value is -0.360. The fourth-order valence-corrected chi connectivity index (χ4v) is 3.25. The van der Waals surface area contributed by atoms with Crippen LogP contribution in [0, 0.1) is 0 Å². The molecular formula is C12H21Cl2N3OS. The smallest absolute Gasteiger partial charge is 0.222 e. The Morgan fingerprint density at radius 3 is 2.63 bits per heavy atom. The van der Waals surface area contributed by atoms with Crippen molar-refractivity contribution in [2.24, 2.45) is 0 Å². The van der Waals surface area contributed by atoms with Gasteiger partial charge in [0.05, 0.1) is 5.54 Å². The van der Waals surface area contributed by atoms with Gasteiger partial charge in [-0.2, -0.15) is 0 Å². The SMILES string of the molecule is CNCCC(=O)NC1(c2nccs2)CCCC1.Cl.Cl. The van der Waals surface area contributed by atoms with Gasteiger partial charge in [0.25, 0.3) is 0 Å². The molecule has 1 amide bonds. The van der Waals surface area contributed by atoms with Crippen molar-refractivity contribution in [1.29, 1.82) is 0 Å². The quantitative estimate of drug-likeness (QED) is 0.874. The van der Waals surface area contributed by atoms with E-state index in [4.69, 9.17) is 0 Å². The summed E-state index contributed by atoms with van der Waals surface area (Å²) in [5, 5.41) is 9.24. The predicted molar refractivity (Wildman–Crippen MR) is 83.4 cm³/mol. The van der Waals surface area contributed by atoms with Crippen molar-refractivity contribution in [3.05, 3.63) is 16.6 Å². The summed E-state index contributed by atoms with van der Waals surface area (Å²) < 4.78 is 0. The second-order valence-corrected chi connectivity index (χ2v) is 5.42. The monoisotopic (exact) mass is 325 g/mol. The van der Waals surface area contributed by atoms with Gasteiger partial charge in [-0.25, -0.2) is 4.98 Å². The molecule has 1 aliphatic carbocycles. The van der Waals surface area contributed by atoms with Gasteiger partial charge in [0.1, 0.15) is 5.01 Å². The normalized spacial score (nSPS) is 16.3. The number of nitrogens with one attached hydrogen (secondary N) is 2. The van der Waals surface area contributed by atoms with Crippen molar-refractivity contribution in [2.75, 3.05) is 13.6 Å². The number of hydrogen-bond donors (Lipinski definition) is 2. The van der Waals surface area contributed by atoms with Crippen LogP contribution in [-0.2, 0) is 10.3 Å². The van der Waals surface area contributed by atoms with E-state index in [9.17, 15) is 4.79 Å². The van der Waals surface area contributed by atoms with Gasteiger partial charge >= 0.3 is 0 Å². The van der Waals surface area contributed by atoms with E-state index in [0.29, 0.717) is 6.42 Å². The molecule has 1 aliphatic rings. The second-order valence-electron chi connectivity index (χ2n) is 4.53. The first-order valence-corrected chi connectivity index (χ1v) is 7.00. The molecule has 4 nitrogen and oxygen atoms in total. The van der Waals surface area contributed by atoms with Gasteiger partial charge in [-0.15, -0.1) is 36.2 Å². The Labute approximate surface area is 130 Å². The Balaban J connectivity index is 0.00000162. The van der Waals surface area contributed by atoms with Crippen molar-refractivity contribution < 1.29 is 4.79 Å². The first kappa shape index (κ1) is 18.6. The van der Waals surface area contributed by atoms with E-state index >= 15 is 0 Å². The molecule has 2 N–H and O–H groups in total. The summed E-state index contributed by atoms with van der Waals surface area (Å²) in [6, 6.07) is 0. The van der Waals surface area contributed by atoms with Crippen LogP contribution >= 0.6 is 36.2 Å². The predicted octanol–water partition coefficient (Wildman–Crippen LogP) is 2.48. The highest BCUT2D eigenvalue weighted by atomic mass is 35.5. The van der Waals surface area contributed by atoms with Crippen LogP contribution in [0.3, 0.4) is 0 Å². The summed E-state index contributed by atoms with van der Waals surface area (Å²) in [5.41, 5.74) is -0.182. The molecular weight excluding hydrogens is 305 g/mol. The van der Waals surface area contributed by atoms with Crippen molar-refractivity contribution >= 4 is 42.1 Å². The number of carbonyl (C=O) groups is 1. The van der Waals surface area contributed by atoms with Gasteiger partial charge in [0, 0.05) is 24.5 Å². The first-order chi connectivity index (χ1) is 8.27. The highest BCUT2D eigenvalue weighted by Gasteiger charge is 2.38. The molecule has 0 bridgehead atoms. The molecule has 2 rings (SSSR count). The minimum Gasteiger partial charge on any atom is -0.344 e. The molecule has 0 radical (unpaired) electrons. The fraction of sp³-hybridized carbons (Fsp3) is 0.667. The third kappa shape index (κ3) is 4.60. The highest BCUT2D eigenvalue weighted by molar-refractivity contribution is 7.09. The summed E-state index contributed by atoms with van der Waals surface area (Å²) >= 11 is 1.64. The maximum atomic E-state index is 11.9. The molecule has 1 fully saturated rings. The second kappa shape index (κ2) is 8.74. The third-order valence-corrected chi connectivity index (χ3v) is 4.26. The zero-order valence-electron chi connectivity index (χ0n) is 11.0. The number of rotatable bonds is 5. The average molecular weight is 326 g/mol. The lowest BCUT2D eigenvalue weighted by molar-refractivity contribution is -0.123. The highest BCUT2D eigenvalue weighted by Crippen LogP contribution is 2.39. The third-order valence-electron chi connectivity index (χ3n) is 3.28. The van der Waals surface area contributed by atoms with Crippen LogP contribution in [0.2, 0.25) is 0 Å². The van der Waals surface area contributed by atoms with Gasteiger partial charge in [0.2, 0.25) is 5.91 Å². The summed E-state index contributed by atoms with van der Waals surface area (Å²) in [5.74, 6) is 0.122. The molecule has 19 heavy (non-hydrogen) atoms. The molecule has 0 saturated heterocycles. The zero-order valence-corrected chi connectivity index (χ0v) is 13.4. The Morgan fingerprint density at radius 1 is 1.42 bits per heavy atom. The topological polar surface area (TPSA) is 54.0 Å². The van der Waals surface area contributed by atoms with Crippen molar-refractivity contribution in [1.82, 2.24) is 15.6 Å². The maximum Gasteiger partial charge on any atom is 0.222 e. The van der Waals surface area contributed by atoms with Gasteiger partial charge in [-0.05, 0) is 19.9 Å². The Bertz CT molecular complexity index is 367. The first-order valence-electron chi connectivity index (χ1n) is 6.12. The molecule has 7 heteroatoms. The molecule has 1 saturated carbocycles. The molecule has 0 atom stereocenters. The van der Waals surface area contributed by atoms with E-state index in [-0.39, 0.29) is 36.3 Å². The largest absolute Gasteiger partial charge is 0.344 e. The van der Waals surface area contributed by atoms with Gasteiger partial charge < -0.3 is 10.6 Å².